The summed E-state index contributed by atoms with van der Waals surface area (Å²) in [7, 11) is 1.71. The Morgan fingerprint density at radius 2 is 1.67 bits per heavy atom. The van der Waals surface area contributed by atoms with Gasteiger partial charge >= 0.3 is 0 Å². The zero-order valence-corrected chi connectivity index (χ0v) is 17.2. The lowest BCUT2D eigenvalue weighted by Gasteiger charge is -2.35. The Balaban J connectivity index is 1.68. The molecule has 0 saturated carbocycles. The van der Waals surface area contributed by atoms with Gasteiger partial charge < -0.3 is 19.7 Å². The van der Waals surface area contributed by atoms with E-state index in [4.69, 9.17) is 14.6 Å². The van der Waals surface area contributed by atoms with E-state index in [-0.39, 0.29) is 19.1 Å². The number of hydrogen-bond acceptors (Lipinski definition) is 4. The molecule has 1 aliphatic rings. The topological polar surface area (TPSA) is 58.9 Å². The highest BCUT2D eigenvalue weighted by atomic mass is 16.5. The van der Waals surface area contributed by atoms with Crippen molar-refractivity contribution in [2.45, 2.75) is 30.8 Å². The standard InChI is InChI=1S/C26H28O4/c1-29-23-12-14-25-20(15-23)9-13-24(18-5-3-2-4-6-18)26(25)19-7-10-22(11-8-19)30-17-21(28)16-27/h2-8,10-12,14-15,21,24,26-28H,9,13,16-17H2,1H3/t21?,24-,26+/m0/s1. The van der Waals surface area contributed by atoms with Crippen LogP contribution in [0, 0.1) is 0 Å². The minimum atomic E-state index is -0.868. The molecule has 0 amide bonds. The zero-order chi connectivity index (χ0) is 20.9. The average Bonchev–Trinajstić information content (AvgIpc) is 2.82. The van der Waals surface area contributed by atoms with Gasteiger partial charge in [0.05, 0.1) is 13.7 Å². The molecule has 0 radical (unpaired) electrons. The van der Waals surface area contributed by atoms with E-state index in [0.29, 0.717) is 11.7 Å². The van der Waals surface area contributed by atoms with Gasteiger partial charge in [0.1, 0.15) is 24.2 Å². The molecule has 1 unspecified atom stereocenters. The van der Waals surface area contributed by atoms with Crippen molar-refractivity contribution in [2.75, 3.05) is 20.3 Å². The number of hydrogen-bond donors (Lipinski definition) is 2. The van der Waals surface area contributed by atoms with Gasteiger partial charge in [-0.2, -0.15) is 0 Å². The van der Waals surface area contributed by atoms with Gasteiger partial charge in [-0.25, -0.2) is 0 Å². The Morgan fingerprint density at radius 3 is 2.37 bits per heavy atom. The summed E-state index contributed by atoms with van der Waals surface area (Å²) < 4.78 is 11.0. The molecule has 4 nitrogen and oxygen atoms in total. The van der Waals surface area contributed by atoms with Crippen LogP contribution < -0.4 is 9.47 Å². The van der Waals surface area contributed by atoms with Gasteiger partial charge in [-0.3, -0.25) is 0 Å². The first-order valence-corrected chi connectivity index (χ1v) is 10.4. The van der Waals surface area contributed by atoms with E-state index in [9.17, 15) is 5.11 Å². The summed E-state index contributed by atoms with van der Waals surface area (Å²) in [5.74, 6) is 2.24. The molecule has 156 valence electrons. The molecular weight excluding hydrogens is 376 g/mol. The minimum absolute atomic E-state index is 0.0779. The van der Waals surface area contributed by atoms with Gasteiger partial charge in [-0.1, -0.05) is 48.5 Å². The van der Waals surface area contributed by atoms with Crippen LogP contribution in [0.4, 0.5) is 0 Å². The van der Waals surface area contributed by atoms with Gasteiger partial charge in [0, 0.05) is 5.92 Å². The van der Waals surface area contributed by atoms with Crippen LogP contribution >= 0.6 is 0 Å². The van der Waals surface area contributed by atoms with Crippen molar-refractivity contribution in [1.82, 2.24) is 0 Å². The number of ether oxygens (including phenoxy) is 2. The molecule has 0 aliphatic heterocycles. The van der Waals surface area contributed by atoms with E-state index < -0.39 is 6.10 Å². The van der Waals surface area contributed by atoms with Gasteiger partial charge in [0.25, 0.3) is 0 Å². The molecule has 0 spiro atoms. The third-order valence-corrected chi connectivity index (χ3v) is 5.93. The number of aryl methyl sites for hydroxylation is 1. The van der Waals surface area contributed by atoms with Crippen LogP contribution in [0.5, 0.6) is 11.5 Å². The molecular formula is C26H28O4. The second-order valence-electron chi connectivity index (χ2n) is 7.81. The van der Waals surface area contributed by atoms with Gasteiger partial charge in [-0.15, -0.1) is 0 Å². The summed E-state index contributed by atoms with van der Waals surface area (Å²) in [6.07, 6.45) is 1.24. The Labute approximate surface area is 177 Å². The molecule has 3 atom stereocenters. The Kier molecular flexibility index (Phi) is 6.36. The lowest BCUT2D eigenvalue weighted by molar-refractivity contribution is 0.0536. The van der Waals surface area contributed by atoms with Crippen molar-refractivity contribution in [2.24, 2.45) is 0 Å². The van der Waals surface area contributed by atoms with Crippen molar-refractivity contribution in [3.05, 3.63) is 95.1 Å². The van der Waals surface area contributed by atoms with E-state index in [1.807, 2.05) is 18.2 Å². The number of aliphatic hydroxyl groups excluding tert-OH is 2. The minimum Gasteiger partial charge on any atom is -0.497 e. The van der Waals surface area contributed by atoms with Crippen LogP contribution in [0.25, 0.3) is 0 Å². The predicted molar refractivity (Wildman–Crippen MR) is 117 cm³/mol. The van der Waals surface area contributed by atoms with Crippen LogP contribution in [0.1, 0.15) is 40.5 Å². The maximum absolute atomic E-state index is 9.51. The highest BCUT2D eigenvalue weighted by Crippen LogP contribution is 2.47. The fourth-order valence-corrected chi connectivity index (χ4v) is 4.41. The predicted octanol–water partition coefficient (Wildman–Crippen LogP) is 4.29. The summed E-state index contributed by atoms with van der Waals surface area (Å²) in [6.45, 7) is -0.228. The fourth-order valence-electron chi connectivity index (χ4n) is 4.41. The molecule has 2 N–H and O–H groups in total. The monoisotopic (exact) mass is 404 g/mol. The Hall–Kier alpha value is -2.82. The number of rotatable bonds is 7. The molecule has 0 heterocycles. The summed E-state index contributed by atoms with van der Waals surface area (Å²) in [5.41, 5.74) is 5.29. The third-order valence-electron chi connectivity index (χ3n) is 5.93. The molecule has 0 fully saturated rings. The van der Waals surface area contributed by atoms with E-state index in [1.54, 1.807) is 7.11 Å². The Morgan fingerprint density at radius 1 is 0.933 bits per heavy atom. The lowest BCUT2D eigenvalue weighted by atomic mass is 9.69. The molecule has 1 aliphatic carbocycles. The van der Waals surface area contributed by atoms with Crippen molar-refractivity contribution in [3.8, 4) is 11.5 Å². The molecule has 0 bridgehead atoms. The van der Waals surface area contributed by atoms with Crippen molar-refractivity contribution in [1.29, 1.82) is 0 Å². The Bertz CT molecular complexity index is 953. The molecule has 0 saturated heterocycles. The van der Waals surface area contributed by atoms with E-state index >= 15 is 0 Å². The lowest BCUT2D eigenvalue weighted by Crippen LogP contribution is -2.21. The van der Waals surface area contributed by atoms with Crippen LogP contribution in [0.15, 0.2) is 72.8 Å². The van der Waals surface area contributed by atoms with Crippen LogP contribution in [-0.2, 0) is 6.42 Å². The smallest absolute Gasteiger partial charge is 0.119 e. The quantitative estimate of drug-likeness (QED) is 0.617. The first-order valence-electron chi connectivity index (χ1n) is 10.4. The number of fused-ring (bicyclic) bond motifs is 1. The van der Waals surface area contributed by atoms with Crippen molar-refractivity contribution in [3.63, 3.8) is 0 Å². The van der Waals surface area contributed by atoms with Crippen molar-refractivity contribution >= 4 is 0 Å². The molecule has 4 rings (SSSR count). The highest BCUT2D eigenvalue weighted by molar-refractivity contribution is 5.48. The molecule has 3 aromatic rings. The highest BCUT2D eigenvalue weighted by Gasteiger charge is 2.32. The molecule has 4 heteroatoms. The van der Waals surface area contributed by atoms with Crippen LogP contribution in [-0.4, -0.2) is 36.6 Å². The van der Waals surface area contributed by atoms with Crippen LogP contribution in [0.2, 0.25) is 0 Å². The summed E-state index contributed by atoms with van der Waals surface area (Å²) in [6, 6.07) is 25.3. The third kappa shape index (κ3) is 4.35. The van der Waals surface area contributed by atoms with E-state index in [0.717, 1.165) is 18.6 Å². The first-order chi connectivity index (χ1) is 14.7. The SMILES string of the molecule is COc1ccc2c(c1)CC[C@@H](c1ccccc1)[C@H]2c1ccc(OCC(O)CO)cc1. The fraction of sp³-hybridized carbons (Fsp3) is 0.308. The number of methoxy groups -OCH3 is 1. The number of benzene rings is 3. The zero-order valence-electron chi connectivity index (χ0n) is 17.2. The maximum atomic E-state index is 9.51. The maximum Gasteiger partial charge on any atom is 0.119 e. The summed E-state index contributed by atoms with van der Waals surface area (Å²) in [4.78, 5) is 0. The van der Waals surface area contributed by atoms with Gasteiger partial charge in [0.15, 0.2) is 0 Å². The summed E-state index contributed by atoms with van der Waals surface area (Å²) >= 11 is 0. The van der Waals surface area contributed by atoms with E-state index in [2.05, 4.69) is 54.6 Å². The second kappa shape index (κ2) is 9.33. The molecule has 0 aromatic heterocycles. The largest absolute Gasteiger partial charge is 0.497 e. The average molecular weight is 405 g/mol. The van der Waals surface area contributed by atoms with Gasteiger partial charge in [-0.05, 0) is 65.3 Å². The normalized spacial score (nSPS) is 19.0. The second-order valence-corrected chi connectivity index (χ2v) is 7.81. The van der Waals surface area contributed by atoms with E-state index in [1.165, 1.54) is 22.3 Å². The number of aliphatic hydroxyl groups is 2. The molecule has 30 heavy (non-hydrogen) atoms. The molecule has 3 aromatic carbocycles. The van der Waals surface area contributed by atoms with Crippen LogP contribution in [0.3, 0.4) is 0 Å². The first kappa shape index (κ1) is 20.5. The summed E-state index contributed by atoms with van der Waals surface area (Å²) in [5, 5.41) is 18.5. The van der Waals surface area contributed by atoms with Crippen molar-refractivity contribution < 1.29 is 19.7 Å². The van der Waals surface area contributed by atoms with Gasteiger partial charge in [0.2, 0.25) is 0 Å².